The highest BCUT2D eigenvalue weighted by molar-refractivity contribution is 5.46. The Bertz CT molecular complexity index is 373. The molecule has 0 atom stereocenters. The number of hydrogen-bond donors (Lipinski definition) is 1. The van der Waals surface area contributed by atoms with Crippen molar-refractivity contribution < 1.29 is 5.11 Å². The van der Waals surface area contributed by atoms with Crippen LogP contribution in [0.15, 0.2) is 18.3 Å². The van der Waals surface area contributed by atoms with Crippen molar-refractivity contribution in [3.05, 3.63) is 24.0 Å². The fourth-order valence-corrected chi connectivity index (χ4v) is 2.45. The summed E-state index contributed by atoms with van der Waals surface area (Å²) in [5.41, 5.74) is 1.93. The minimum absolute atomic E-state index is 0.0150. The van der Waals surface area contributed by atoms with Crippen molar-refractivity contribution in [1.29, 1.82) is 0 Å². The third-order valence-electron chi connectivity index (χ3n) is 3.32. The summed E-state index contributed by atoms with van der Waals surface area (Å²) >= 11 is 0. The minimum atomic E-state index is 0.0150. The van der Waals surface area contributed by atoms with Crippen molar-refractivity contribution in [3.8, 4) is 0 Å². The lowest BCUT2D eigenvalue weighted by molar-refractivity contribution is 0.231. The zero-order chi connectivity index (χ0) is 13.0. The van der Waals surface area contributed by atoms with E-state index in [4.69, 9.17) is 5.11 Å². The lowest BCUT2D eigenvalue weighted by Crippen LogP contribution is -2.47. The van der Waals surface area contributed by atoms with Crippen LogP contribution in [-0.4, -0.2) is 47.7 Å². The molecule has 1 aliphatic rings. The molecule has 18 heavy (non-hydrogen) atoms. The third-order valence-corrected chi connectivity index (χ3v) is 3.32. The van der Waals surface area contributed by atoms with Gasteiger partial charge in [-0.1, -0.05) is 13.8 Å². The average molecular weight is 249 g/mol. The molecule has 4 nitrogen and oxygen atoms in total. The van der Waals surface area contributed by atoms with E-state index in [2.05, 4.69) is 28.6 Å². The van der Waals surface area contributed by atoms with Gasteiger partial charge in [-0.25, -0.2) is 0 Å². The first-order valence-electron chi connectivity index (χ1n) is 6.72. The van der Waals surface area contributed by atoms with E-state index in [-0.39, 0.29) is 6.61 Å². The highest BCUT2D eigenvalue weighted by atomic mass is 16.3. The molecule has 1 N–H and O–H groups in total. The Kier molecular flexibility index (Phi) is 4.55. The van der Waals surface area contributed by atoms with E-state index in [9.17, 15) is 0 Å². The van der Waals surface area contributed by atoms with Crippen LogP contribution in [0.2, 0.25) is 0 Å². The summed E-state index contributed by atoms with van der Waals surface area (Å²) in [4.78, 5) is 9.02. The standard InChI is InChI=1S/C14H23N3O/c1-12(2)10-16-5-7-17(8-6-16)14-3-4-15-13(9-14)11-18/h3-4,9,12,18H,5-8,10-11H2,1-2H3. The summed E-state index contributed by atoms with van der Waals surface area (Å²) in [5, 5.41) is 9.11. The minimum Gasteiger partial charge on any atom is -0.390 e. The second-order valence-electron chi connectivity index (χ2n) is 5.34. The zero-order valence-electron chi connectivity index (χ0n) is 11.3. The van der Waals surface area contributed by atoms with E-state index in [0.29, 0.717) is 0 Å². The fraction of sp³-hybridized carbons (Fsp3) is 0.643. The van der Waals surface area contributed by atoms with Crippen molar-refractivity contribution >= 4 is 5.69 Å². The molecular formula is C14H23N3O. The monoisotopic (exact) mass is 249 g/mol. The molecule has 1 fully saturated rings. The first-order chi connectivity index (χ1) is 8.69. The Hall–Kier alpha value is -1.13. The highest BCUT2D eigenvalue weighted by Crippen LogP contribution is 2.17. The number of pyridine rings is 1. The van der Waals surface area contributed by atoms with Crippen molar-refractivity contribution in [2.75, 3.05) is 37.6 Å². The molecule has 1 saturated heterocycles. The van der Waals surface area contributed by atoms with E-state index in [0.717, 1.165) is 37.8 Å². The van der Waals surface area contributed by atoms with Gasteiger partial charge in [0.25, 0.3) is 0 Å². The zero-order valence-corrected chi connectivity index (χ0v) is 11.3. The quantitative estimate of drug-likeness (QED) is 0.874. The molecule has 2 rings (SSSR count). The van der Waals surface area contributed by atoms with Gasteiger partial charge >= 0.3 is 0 Å². The smallest absolute Gasteiger partial charge is 0.0853 e. The normalized spacial score (nSPS) is 17.4. The van der Waals surface area contributed by atoms with Gasteiger partial charge in [-0.3, -0.25) is 9.88 Å². The summed E-state index contributed by atoms with van der Waals surface area (Å²) in [6, 6.07) is 4.01. The molecule has 1 aromatic rings. The van der Waals surface area contributed by atoms with Crippen molar-refractivity contribution in [2.24, 2.45) is 5.92 Å². The van der Waals surface area contributed by atoms with Crippen LogP contribution >= 0.6 is 0 Å². The fourth-order valence-electron chi connectivity index (χ4n) is 2.45. The molecule has 0 bridgehead atoms. The molecule has 0 spiro atoms. The molecule has 0 aromatic carbocycles. The van der Waals surface area contributed by atoms with Crippen LogP contribution in [0.4, 0.5) is 5.69 Å². The number of aliphatic hydroxyl groups excluding tert-OH is 1. The van der Waals surface area contributed by atoms with Gasteiger partial charge in [-0.15, -0.1) is 0 Å². The first-order valence-corrected chi connectivity index (χ1v) is 6.72. The molecule has 0 aliphatic carbocycles. The molecule has 1 aliphatic heterocycles. The number of nitrogens with zero attached hydrogens (tertiary/aromatic N) is 3. The van der Waals surface area contributed by atoms with Gasteiger partial charge in [0.1, 0.15) is 0 Å². The Morgan fingerprint density at radius 2 is 2.00 bits per heavy atom. The Labute approximate surface area is 109 Å². The van der Waals surface area contributed by atoms with Gasteiger partial charge in [-0.2, -0.15) is 0 Å². The van der Waals surface area contributed by atoms with Crippen LogP contribution in [-0.2, 0) is 6.61 Å². The van der Waals surface area contributed by atoms with Gasteiger partial charge in [0.15, 0.2) is 0 Å². The topological polar surface area (TPSA) is 39.6 Å². The predicted octanol–water partition coefficient (Wildman–Crippen LogP) is 1.35. The molecule has 0 amide bonds. The molecule has 4 heteroatoms. The summed E-state index contributed by atoms with van der Waals surface area (Å²) in [6.45, 7) is 10.1. The Morgan fingerprint density at radius 3 is 2.61 bits per heavy atom. The summed E-state index contributed by atoms with van der Waals surface area (Å²) in [7, 11) is 0. The van der Waals surface area contributed by atoms with Gasteiger partial charge in [0, 0.05) is 44.6 Å². The number of rotatable bonds is 4. The second-order valence-corrected chi connectivity index (χ2v) is 5.34. The van der Waals surface area contributed by atoms with Crippen molar-refractivity contribution in [2.45, 2.75) is 20.5 Å². The first kappa shape index (κ1) is 13.3. The lowest BCUT2D eigenvalue weighted by Gasteiger charge is -2.36. The van der Waals surface area contributed by atoms with Crippen LogP contribution in [0.1, 0.15) is 19.5 Å². The van der Waals surface area contributed by atoms with Crippen molar-refractivity contribution in [3.63, 3.8) is 0 Å². The maximum absolute atomic E-state index is 9.11. The van der Waals surface area contributed by atoms with Crippen LogP contribution < -0.4 is 4.90 Å². The molecule has 2 heterocycles. The summed E-state index contributed by atoms with van der Waals surface area (Å²) in [5.74, 6) is 0.735. The number of anilines is 1. The number of aliphatic hydroxyl groups is 1. The SMILES string of the molecule is CC(C)CN1CCN(c2ccnc(CO)c2)CC1. The number of piperazine rings is 1. The number of hydrogen-bond acceptors (Lipinski definition) is 4. The van der Waals surface area contributed by atoms with E-state index in [1.807, 2.05) is 12.1 Å². The molecular weight excluding hydrogens is 226 g/mol. The third kappa shape index (κ3) is 3.43. The van der Waals surface area contributed by atoms with Crippen molar-refractivity contribution in [1.82, 2.24) is 9.88 Å². The molecule has 0 saturated carbocycles. The van der Waals surface area contributed by atoms with E-state index >= 15 is 0 Å². The molecule has 100 valence electrons. The molecule has 0 unspecified atom stereocenters. The van der Waals surface area contributed by atoms with Gasteiger partial charge in [0.2, 0.25) is 0 Å². The van der Waals surface area contributed by atoms with Crippen LogP contribution in [0.5, 0.6) is 0 Å². The van der Waals surface area contributed by atoms with E-state index in [1.165, 1.54) is 12.2 Å². The van der Waals surface area contributed by atoms with Gasteiger partial charge < -0.3 is 10.0 Å². The number of aromatic nitrogens is 1. The van der Waals surface area contributed by atoms with Gasteiger partial charge in [0.05, 0.1) is 12.3 Å². The largest absolute Gasteiger partial charge is 0.390 e. The highest BCUT2D eigenvalue weighted by Gasteiger charge is 2.17. The Morgan fingerprint density at radius 1 is 1.28 bits per heavy atom. The summed E-state index contributed by atoms with van der Waals surface area (Å²) in [6.07, 6.45) is 1.78. The maximum atomic E-state index is 9.11. The van der Waals surface area contributed by atoms with Crippen LogP contribution in [0.25, 0.3) is 0 Å². The Balaban J connectivity index is 1.92. The lowest BCUT2D eigenvalue weighted by atomic mass is 10.2. The predicted molar refractivity (Wildman–Crippen MR) is 73.7 cm³/mol. The molecule has 0 radical (unpaired) electrons. The van der Waals surface area contributed by atoms with E-state index < -0.39 is 0 Å². The van der Waals surface area contributed by atoms with Crippen LogP contribution in [0, 0.1) is 5.92 Å². The maximum Gasteiger partial charge on any atom is 0.0853 e. The van der Waals surface area contributed by atoms with Gasteiger partial charge in [-0.05, 0) is 18.1 Å². The average Bonchev–Trinajstić information content (AvgIpc) is 2.39. The summed E-state index contributed by atoms with van der Waals surface area (Å²) < 4.78 is 0. The molecule has 1 aromatic heterocycles. The van der Waals surface area contributed by atoms with Crippen LogP contribution in [0.3, 0.4) is 0 Å². The van der Waals surface area contributed by atoms with E-state index in [1.54, 1.807) is 6.20 Å². The second kappa shape index (κ2) is 6.16.